The van der Waals surface area contributed by atoms with Crippen molar-refractivity contribution in [1.29, 1.82) is 0 Å². The average Bonchev–Trinajstić information content (AvgIpc) is 2.12. The van der Waals surface area contributed by atoms with Gasteiger partial charge < -0.3 is 0 Å². The molecule has 0 aromatic carbocycles. The van der Waals surface area contributed by atoms with Crippen molar-refractivity contribution in [2.45, 2.75) is 6.42 Å². The normalized spacial score (nSPS) is 40.0. The maximum atomic E-state index is 2.36. The molecule has 1 heteroatoms. The standard InChI is InChI=1S/C7H8P/c1-2-7-3-6(1)4-8-5-7/h1-2,4-7H,3H2/q+1. The van der Waals surface area contributed by atoms with Crippen LogP contribution in [0.2, 0.25) is 0 Å². The van der Waals surface area contributed by atoms with E-state index in [1.807, 2.05) is 0 Å². The molecule has 0 saturated carbocycles. The second kappa shape index (κ2) is 1.70. The van der Waals surface area contributed by atoms with Gasteiger partial charge in [0.15, 0.2) is 0 Å². The number of fused-ring (bicyclic) bond motifs is 2. The molecule has 0 N–H and O–H groups in total. The fourth-order valence-corrected chi connectivity index (χ4v) is 2.23. The summed E-state index contributed by atoms with van der Waals surface area (Å²) in [6.07, 6.45) is 6.00. The minimum atomic E-state index is 0.812. The third-order valence-electron chi connectivity index (χ3n) is 1.70. The Bertz CT molecular complexity index is 169. The first kappa shape index (κ1) is 4.76. The van der Waals surface area contributed by atoms with E-state index < -0.39 is 0 Å². The van der Waals surface area contributed by atoms with E-state index in [1.54, 1.807) is 0 Å². The monoisotopic (exact) mass is 123 g/mol. The van der Waals surface area contributed by atoms with Crippen LogP contribution in [-0.4, -0.2) is 11.6 Å². The zero-order valence-corrected chi connectivity index (χ0v) is 5.51. The molecule has 0 nitrogen and oxygen atoms in total. The Balaban J connectivity index is 2.44. The van der Waals surface area contributed by atoms with Crippen molar-refractivity contribution in [3.63, 3.8) is 0 Å². The Morgan fingerprint density at radius 3 is 2.25 bits per heavy atom. The molecule has 0 saturated heterocycles. The quantitative estimate of drug-likeness (QED) is 0.340. The molecule has 8 heavy (non-hydrogen) atoms. The molecule has 0 amide bonds. The van der Waals surface area contributed by atoms with E-state index in [0.717, 1.165) is 11.8 Å². The first-order chi connectivity index (χ1) is 3.95. The molecule has 0 aromatic heterocycles. The topological polar surface area (TPSA) is 0 Å². The molecule has 0 radical (unpaired) electrons. The van der Waals surface area contributed by atoms with Gasteiger partial charge in [0, 0.05) is 0 Å². The van der Waals surface area contributed by atoms with Crippen LogP contribution < -0.4 is 0 Å². The van der Waals surface area contributed by atoms with Crippen LogP contribution in [0, 0.1) is 11.8 Å². The second-order valence-electron chi connectivity index (χ2n) is 2.40. The van der Waals surface area contributed by atoms with Gasteiger partial charge >= 0.3 is 49.8 Å². The molecule has 1 heterocycles. The molecule has 0 aromatic rings. The van der Waals surface area contributed by atoms with Crippen molar-refractivity contribution in [3.8, 4) is 0 Å². The van der Waals surface area contributed by atoms with Crippen LogP contribution in [0.25, 0.3) is 0 Å². The predicted molar refractivity (Wildman–Crippen MR) is 39.8 cm³/mol. The Morgan fingerprint density at radius 1 is 1.12 bits per heavy atom. The summed E-state index contributed by atoms with van der Waals surface area (Å²) in [5, 5.41) is 0. The summed E-state index contributed by atoms with van der Waals surface area (Å²) in [6.45, 7) is 0. The van der Waals surface area contributed by atoms with Crippen LogP contribution in [0.15, 0.2) is 12.2 Å². The molecule has 2 aliphatic rings. The number of hydrogen-bond acceptors (Lipinski definition) is 0. The fraction of sp³-hybridized carbons (Fsp3) is 0.429. The minimum absolute atomic E-state index is 0.812. The van der Waals surface area contributed by atoms with E-state index in [4.69, 9.17) is 0 Å². The SMILES string of the molecule is C1=CC2C=[P+]=CC1C2. The van der Waals surface area contributed by atoms with Crippen molar-refractivity contribution in [2.24, 2.45) is 11.8 Å². The van der Waals surface area contributed by atoms with Gasteiger partial charge in [0.1, 0.15) is 0 Å². The van der Waals surface area contributed by atoms with Gasteiger partial charge in [-0.25, -0.2) is 0 Å². The maximum absolute atomic E-state index is 2.36. The van der Waals surface area contributed by atoms with Gasteiger partial charge in [-0.05, 0) is 0 Å². The van der Waals surface area contributed by atoms with E-state index in [2.05, 4.69) is 23.7 Å². The Morgan fingerprint density at radius 2 is 1.75 bits per heavy atom. The summed E-state index contributed by atoms with van der Waals surface area (Å²) >= 11 is 0. The molecule has 1 aliphatic carbocycles. The van der Waals surface area contributed by atoms with E-state index in [9.17, 15) is 0 Å². The van der Waals surface area contributed by atoms with Crippen LogP contribution in [0.3, 0.4) is 0 Å². The zero-order chi connectivity index (χ0) is 5.40. The van der Waals surface area contributed by atoms with Gasteiger partial charge in [-0.2, -0.15) is 0 Å². The zero-order valence-electron chi connectivity index (χ0n) is 4.62. The molecule has 0 fully saturated rings. The summed E-state index contributed by atoms with van der Waals surface area (Å²) < 4.78 is 0. The van der Waals surface area contributed by atoms with Crippen LogP contribution in [-0.2, 0) is 0 Å². The van der Waals surface area contributed by atoms with E-state index >= 15 is 0 Å². The summed E-state index contributed by atoms with van der Waals surface area (Å²) in [6, 6.07) is 0. The molecule has 40 valence electrons. The van der Waals surface area contributed by atoms with Gasteiger partial charge in [-0.1, -0.05) is 0 Å². The van der Waals surface area contributed by atoms with Gasteiger partial charge in [0.25, 0.3) is 0 Å². The molecule has 2 rings (SSSR count). The first-order valence-electron chi connectivity index (χ1n) is 3.00. The Kier molecular flexibility index (Phi) is 1.01. The fourth-order valence-electron chi connectivity index (χ4n) is 1.25. The third-order valence-corrected chi connectivity index (χ3v) is 2.82. The molecule has 0 spiro atoms. The average molecular weight is 123 g/mol. The van der Waals surface area contributed by atoms with Crippen molar-refractivity contribution in [2.75, 3.05) is 0 Å². The van der Waals surface area contributed by atoms with E-state index in [-0.39, 0.29) is 0 Å². The second-order valence-corrected chi connectivity index (χ2v) is 3.29. The number of hydrogen-bond donors (Lipinski definition) is 0. The van der Waals surface area contributed by atoms with E-state index in [1.165, 1.54) is 14.2 Å². The summed E-state index contributed by atoms with van der Waals surface area (Å²) in [7, 11) is 1.44. The van der Waals surface area contributed by atoms with Gasteiger partial charge in [0.2, 0.25) is 0 Å². The third kappa shape index (κ3) is 0.641. The molecular formula is C7H8P+. The van der Waals surface area contributed by atoms with Gasteiger partial charge in [-0.3, -0.25) is 0 Å². The van der Waals surface area contributed by atoms with Crippen LogP contribution in [0.1, 0.15) is 6.42 Å². The summed E-state index contributed by atoms with van der Waals surface area (Å²) in [5.41, 5.74) is 0. The van der Waals surface area contributed by atoms with Crippen molar-refractivity contribution in [3.05, 3.63) is 12.2 Å². The van der Waals surface area contributed by atoms with E-state index in [0.29, 0.717) is 0 Å². The van der Waals surface area contributed by atoms with Crippen molar-refractivity contribution in [1.82, 2.24) is 0 Å². The van der Waals surface area contributed by atoms with Crippen molar-refractivity contribution >= 4 is 19.4 Å². The van der Waals surface area contributed by atoms with Gasteiger partial charge in [-0.15, -0.1) is 0 Å². The Hall–Kier alpha value is -0.0900. The van der Waals surface area contributed by atoms with Crippen LogP contribution in [0.5, 0.6) is 0 Å². The summed E-state index contributed by atoms with van der Waals surface area (Å²) in [5.74, 6) is 6.35. The molecular weight excluding hydrogens is 115 g/mol. The molecule has 2 atom stereocenters. The first-order valence-corrected chi connectivity index (χ1v) is 4.03. The predicted octanol–water partition coefficient (Wildman–Crippen LogP) is 1.74. The van der Waals surface area contributed by atoms with Gasteiger partial charge in [0.05, 0.1) is 0 Å². The Labute approximate surface area is 50.7 Å². The molecule has 1 aliphatic heterocycles. The van der Waals surface area contributed by atoms with Crippen LogP contribution in [0.4, 0.5) is 0 Å². The molecule has 2 unspecified atom stereocenters. The number of allylic oxidation sites excluding steroid dienone is 2. The number of rotatable bonds is 0. The molecule has 2 bridgehead atoms. The summed E-state index contributed by atoms with van der Waals surface area (Å²) in [4.78, 5) is 0. The van der Waals surface area contributed by atoms with Crippen LogP contribution >= 0.6 is 7.83 Å². The van der Waals surface area contributed by atoms with Crippen molar-refractivity contribution < 1.29 is 0 Å².